The Morgan fingerprint density at radius 3 is 3.33 bits per heavy atom. The van der Waals surface area contributed by atoms with Gasteiger partial charge in [-0.25, -0.2) is 0 Å². The van der Waals surface area contributed by atoms with Gasteiger partial charge in [0.1, 0.15) is 12.2 Å². The molecule has 84 valence electrons. The van der Waals surface area contributed by atoms with E-state index in [0.29, 0.717) is 12.5 Å². The maximum absolute atomic E-state index is 5.07. The van der Waals surface area contributed by atoms with Crippen molar-refractivity contribution in [3.8, 4) is 0 Å². The van der Waals surface area contributed by atoms with E-state index in [9.17, 15) is 0 Å². The average molecular weight is 210 g/mol. The molecule has 1 aromatic rings. The van der Waals surface area contributed by atoms with Crippen LogP contribution in [0.15, 0.2) is 6.33 Å². The summed E-state index contributed by atoms with van der Waals surface area (Å²) in [6.45, 7) is 3.70. The highest BCUT2D eigenvalue weighted by atomic mass is 16.5. The van der Waals surface area contributed by atoms with Crippen molar-refractivity contribution in [3.05, 3.63) is 12.2 Å². The number of nitrogens with zero attached hydrogens (tertiary/aromatic N) is 3. The molecule has 1 aliphatic rings. The fourth-order valence-corrected chi connectivity index (χ4v) is 2.01. The second-order valence-electron chi connectivity index (χ2n) is 3.92. The molecule has 0 unspecified atom stereocenters. The Kier molecular flexibility index (Phi) is 3.69. The van der Waals surface area contributed by atoms with E-state index in [0.717, 1.165) is 25.5 Å². The zero-order chi connectivity index (χ0) is 10.5. The van der Waals surface area contributed by atoms with E-state index in [-0.39, 0.29) is 0 Å². The Morgan fingerprint density at radius 1 is 1.67 bits per heavy atom. The Morgan fingerprint density at radius 2 is 2.60 bits per heavy atom. The molecule has 15 heavy (non-hydrogen) atoms. The summed E-state index contributed by atoms with van der Waals surface area (Å²) in [7, 11) is 1.71. The summed E-state index contributed by atoms with van der Waals surface area (Å²) in [5.41, 5.74) is 0. The lowest BCUT2D eigenvalue weighted by Gasteiger charge is -2.22. The predicted molar refractivity (Wildman–Crippen MR) is 56.7 cm³/mol. The Labute approximate surface area is 89.8 Å². The largest absolute Gasteiger partial charge is 0.383 e. The van der Waals surface area contributed by atoms with Crippen LogP contribution in [0.25, 0.3) is 0 Å². The molecule has 0 amide bonds. The number of methoxy groups -OCH3 is 1. The third-order valence-electron chi connectivity index (χ3n) is 2.84. The standard InChI is InChI=1S/C10H18N4O/c1-15-6-5-14-8-12-13-10(14)9-3-2-4-11-7-9/h8-9,11H,2-7H2,1H3/t9-/m0/s1. The molecule has 1 aromatic heterocycles. The van der Waals surface area contributed by atoms with Crippen molar-refractivity contribution in [3.63, 3.8) is 0 Å². The number of nitrogens with one attached hydrogen (secondary N) is 1. The highest BCUT2D eigenvalue weighted by Gasteiger charge is 2.20. The second kappa shape index (κ2) is 5.23. The molecule has 0 radical (unpaired) electrons. The predicted octanol–water partition coefficient (Wildman–Crippen LogP) is 0.391. The van der Waals surface area contributed by atoms with Crippen molar-refractivity contribution in [2.75, 3.05) is 26.8 Å². The molecule has 0 spiro atoms. The number of rotatable bonds is 4. The third-order valence-corrected chi connectivity index (χ3v) is 2.84. The van der Waals surface area contributed by atoms with E-state index in [1.54, 1.807) is 13.4 Å². The monoisotopic (exact) mass is 210 g/mol. The highest BCUT2D eigenvalue weighted by molar-refractivity contribution is 4.99. The van der Waals surface area contributed by atoms with Gasteiger partial charge in [0, 0.05) is 26.1 Å². The molecule has 2 rings (SSSR count). The van der Waals surface area contributed by atoms with Crippen LogP contribution in [0.2, 0.25) is 0 Å². The Balaban J connectivity index is 2.02. The van der Waals surface area contributed by atoms with Crippen molar-refractivity contribution in [1.82, 2.24) is 20.1 Å². The number of hydrogen-bond donors (Lipinski definition) is 1. The molecule has 1 atom stereocenters. The van der Waals surface area contributed by atoms with Crippen LogP contribution in [0.3, 0.4) is 0 Å². The molecular weight excluding hydrogens is 192 g/mol. The smallest absolute Gasteiger partial charge is 0.137 e. The van der Waals surface area contributed by atoms with Gasteiger partial charge in [-0.3, -0.25) is 0 Å². The fourth-order valence-electron chi connectivity index (χ4n) is 2.01. The normalized spacial score (nSPS) is 21.8. The topological polar surface area (TPSA) is 52.0 Å². The van der Waals surface area contributed by atoms with E-state index in [2.05, 4.69) is 20.1 Å². The van der Waals surface area contributed by atoms with Crippen LogP contribution in [0.4, 0.5) is 0 Å². The molecule has 0 aliphatic carbocycles. The van der Waals surface area contributed by atoms with Crippen LogP contribution in [0.1, 0.15) is 24.6 Å². The summed E-state index contributed by atoms with van der Waals surface area (Å²) in [4.78, 5) is 0. The van der Waals surface area contributed by atoms with Gasteiger partial charge in [0.15, 0.2) is 0 Å². The molecule has 2 heterocycles. The Bertz CT molecular complexity index is 293. The molecule has 0 aromatic carbocycles. The molecule has 5 heteroatoms. The van der Waals surface area contributed by atoms with Crippen molar-refractivity contribution in [2.24, 2.45) is 0 Å². The van der Waals surface area contributed by atoms with Gasteiger partial charge in [0.05, 0.1) is 6.61 Å². The zero-order valence-electron chi connectivity index (χ0n) is 9.15. The van der Waals surface area contributed by atoms with Crippen LogP contribution in [-0.2, 0) is 11.3 Å². The molecule has 0 bridgehead atoms. The molecule has 1 aliphatic heterocycles. The van der Waals surface area contributed by atoms with Crippen molar-refractivity contribution in [1.29, 1.82) is 0 Å². The first kappa shape index (κ1) is 10.6. The lowest BCUT2D eigenvalue weighted by molar-refractivity contribution is 0.185. The fraction of sp³-hybridized carbons (Fsp3) is 0.800. The van der Waals surface area contributed by atoms with Gasteiger partial charge in [-0.05, 0) is 19.4 Å². The molecule has 5 nitrogen and oxygen atoms in total. The van der Waals surface area contributed by atoms with E-state index >= 15 is 0 Å². The van der Waals surface area contributed by atoms with Crippen LogP contribution in [0, 0.1) is 0 Å². The second-order valence-corrected chi connectivity index (χ2v) is 3.92. The van der Waals surface area contributed by atoms with Gasteiger partial charge < -0.3 is 14.6 Å². The van der Waals surface area contributed by atoms with Crippen LogP contribution in [0.5, 0.6) is 0 Å². The first-order chi connectivity index (χ1) is 7.42. The van der Waals surface area contributed by atoms with Crippen molar-refractivity contribution >= 4 is 0 Å². The first-order valence-electron chi connectivity index (χ1n) is 5.49. The minimum atomic E-state index is 0.512. The minimum Gasteiger partial charge on any atom is -0.383 e. The maximum atomic E-state index is 5.07. The summed E-state index contributed by atoms with van der Waals surface area (Å²) in [6, 6.07) is 0. The lowest BCUT2D eigenvalue weighted by Crippen LogP contribution is -2.30. The summed E-state index contributed by atoms with van der Waals surface area (Å²) in [5.74, 6) is 1.61. The van der Waals surface area contributed by atoms with Crippen molar-refractivity contribution < 1.29 is 4.74 Å². The number of ether oxygens (including phenoxy) is 1. The van der Waals surface area contributed by atoms with E-state index < -0.39 is 0 Å². The molecule has 0 saturated carbocycles. The van der Waals surface area contributed by atoms with Gasteiger partial charge in [0.2, 0.25) is 0 Å². The third kappa shape index (κ3) is 2.54. The van der Waals surface area contributed by atoms with Gasteiger partial charge in [-0.2, -0.15) is 0 Å². The number of piperidine rings is 1. The summed E-state index contributed by atoms with van der Waals surface area (Å²) >= 11 is 0. The van der Waals surface area contributed by atoms with Crippen LogP contribution >= 0.6 is 0 Å². The van der Waals surface area contributed by atoms with E-state index in [1.165, 1.54) is 12.8 Å². The van der Waals surface area contributed by atoms with Crippen LogP contribution < -0.4 is 5.32 Å². The first-order valence-corrected chi connectivity index (χ1v) is 5.49. The maximum Gasteiger partial charge on any atom is 0.137 e. The number of hydrogen-bond acceptors (Lipinski definition) is 4. The SMILES string of the molecule is COCCn1cnnc1[C@H]1CCCNC1. The summed E-state index contributed by atoms with van der Waals surface area (Å²) < 4.78 is 7.16. The van der Waals surface area contributed by atoms with E-state index in [4.69, 9.17) is 4.74 Å². The minimum absolute atomic E-state index is 0.512. The zero-order valence-corrected chi connectivity index (χ0v) is 9.15. The quantitative estimate of drug-likeness (QED) is 0.781. The van der Waals surface area contributed by atoms with Gasteiger partial charge in [-0.1, -0.05) is 0 Å². The molecule has 1 saturated heterocycles. The van der Waals surface area contributed by atoms with Gasteiger partial charge >= 0.3 is 0 Å². The van der Waals surface area contributed by atoms with Gasteiger partial charge in [-0.15, -0.1) is 10.2 Å². The van der Waals surface area contributed by atoms with E-state index in [1.807, 2.05) is 0 Å². The summed E-state index contributed by atoms with van der Waals surface area (Å²) in [5, 5.41) is 11.6. The van der Waals surface area contributed by atoms with Crippen molar-refractivity contribution in [2.45, 2.75) is 25.3 Å². The molecule has 1 N–H and O–H groups in total. The summed E-state index contributed by atoms with van der Waals surface area (Å²) in [6.07, 6.45) is 4.23. The Hall–Kier alpha value is -0.940. The average Bonchev–Trinajstić information content (AvgIpc) is 2.75. The molecular formula is C10H18N4O. The number of aromatic nitrogens is 3. The van der Waals surface area contributed by atoms with Gasteiger partial charge in [0.25, 0.3) is 0 Å². The van der Waals surface area contributed by atoms with Crippen LogP contribution in [-0.4, -0.2) is 41.6 Å². The molecule has 1 fully saturated rings. The highest BCUT2D eigenvalue weighted by Crippen LogP contribution is 2.20. The lowest BCUT2D eigenvalue weighted by atomic mass is 9.99.